The molecule has 3 rings (SSSR count). The normalized spacial score (nSPS) is 20.6. The molecule has 1 fully saturated rings. The van der Waals surface area contributed by atoms with Crippen molar-refractivity contribution in [2.75, 3.05) is 23.7 Å². The van der Waals surface area contributed by atoms with Crippen LogP contribution in [0.4, 0.5) is 11.4 Å². The first-order valence-corrected chi connectivity index (χ1v) is 7.62. The molecule has 0 amide bonds. The number of nitrogens with two attached hydrogens (primary N) is 1. The molecule has 0 bridgehead atoms. The summed E-state index contributed by atoms with van der Waals surface area (Å²) in [7, 11) is 0. The van der Waals surface area contributed by atoms with Gasteiger partial charge in [0.25, 0.3) is 0 Å². The highest BCUT2D eigenvalue weighted by Gasteiger charge is 2.27. The largest absolute Gasteiger partial charge is 0.398 e. The maximum Gasteiger partial charge on any atom is 0.0956 e. The highest BCUT2D eigenvalue weighted by molar-refractivity contribution is 9.10. The van der Waals surface area contributed by atoms with Gasteiger partial charge in [-0.3, -0.25) is 4.98 Å². The molecule has 2 heterocycles. The Morgan fingerprint density at radius 2 is 2.30 bits per heavy atom. The summed E-state index contributed by atoms with van der Waals surface area (Å²) in [6, 6.07) is 5.97. The van der Waals surface area contributed by atoms with E-state index in [4.69, 9.17) is 5.73 Å². The molecule has 5 heteroatoms. The van der Waals surface area contributed by atoms with Gasteiger partial charge in [0.05, 0.1) is 17.3 Å². The smallest absolute Gasteiger partial charge is 0.0956 e. The van der Waals surface area contributed by atoms with E-state index >= 15 is 0 Å². The van der Waals surface area contributed by atoms with Gasteiger partial charge in [0.2, 0.25) is 0 Å². The van der Waals surface area contributed by atoms with Crippen LogP contribution in [0.25, 0.3) is 10.9 Å². The number of nitrogens with zero attached hydrogens (tertiary/aromatic N) is 2. The van der Waals surface area contributed by atoms with Crippen LogP contribution >= 0.6 is 15.9 Å². The molecular formula is C15H18BrN3O. The van der Waals surface area contributed by atoms with Crippen molar-refractivity contribution in [3.63, 3.8) is 0 Å². The Labute approximate surface area is 126 Å². The number of aliphatic hydroxyl groups is 1. The van der Waals surface area contributed by atoms with Crippen LogP contribution in [0.3, 0.4) is 0 Å². The number of pyridine rings is 1. The third-order valence-electron chi connectivity index (χ3n) is 4.08. The molecule has 1 aromatic carbocycles. The van der Waals surface area contributed by atoms with Crippen LogP contribution in [0, 0.1) is 5.92 Å². The van der Waals surface area contributed by atoms with E-state index in [0.29, 0.717) is 5.92 Å². The van der Waals surface area contributed by atoms with Crippen LogP contribution in [-0.2, 0) is 0 Å². The third kappa shape index (κ3) is 2.36. The van der Waals surface area contributed by atoms with Crippen LogP contribution in [0.1, 0.15) is 13.3 Å². The van der Waals surface area contributed by atoms with E-state index < -0.39 is 0 Å². The second-order valence-electron chi connectivity index (χ2n) is 5.46. The summed E-state index contributed by atoms with van der Waals surface area (Å²) in [5, 5.41) is 10.7. The Balaban J connectivity index is 2.03. The third-order valence-corrected chi connectivity index (χ3v) is 4.51. The number of aliphatic hydroxyl groups excluding tert-OH is 1. The van der Waals surface area contributed by atoms with Gasteiger partial charge in [-0.1, -0.05) is 0 Å². The number of fused-ring (bicyclic) bond motifs is 1. The fourth-order valence-corrected chi connectivity index (χ4v) is 3.19. The van der Waals surface area contributed by atoms with Gasteiger partial charge in [0.15, 0.2) is 0 Å². The molecule has 20 heavy (non-hydrogen) atoms. The van der Waals surface area contributed by atoms with E-state index in [1.54, 1.807) is 6.20 Å². The van der Waals surface area contributed by atoms with Crippen molar-refractivity contribution < 1.29 is 5.11 Å². The number of aromatic nitrogens is 1. The van der Waals surface area contributed by atoms with Crippen molar-refractivity contribution in [1.82, 2.24) is 4.98 Å². The Bertz CT molecular complexity index is 644. The molecule has 0 aliphatic carbocycles. The zero-order chi connectivity index (χ0) is 14.3. The van der Waals surface area contributed by atoms with Gasteiger partial charge in [0.1, 0.15) is 0 Å². The molecule has 0 spiro atoms. The lowest BCUT2D eigenvalue weighted by molar-refractivity contribution is 0.136. The quantitative estimate of drug-likeness (QED) is 0.828. The predicted molar refractivity (Wildman–Crippen MR) is 85.9 cm³/mol. The van der Waals surface area contributed by atoms with E-state index in [1.165, 1.54) is 0 Å². The minimum Gasteiger partial charge on any atom is -0.398 e. The van der Waals surface area contributed by atoms with Crippen LogP contribution in [-0.4, -0.2) is 29.3 Å². The van der Waals surface area contributed by atoms with Gasteiger partial charge < -0.3 is 15.7 Å². The molecule has 2 atom stereocenters. The molecule has 2 aromatic rings. The van der Waals surface area contributed by atoms with Gasteiger partial charge >= 0.3 is 0 Å². The molecule has 1 aliphatic heterocycles. The van der Waals surface area contributed by atoms with Crippen LogP contribution in [0.5, 0.6) is 0 Å². The Hall–Kier alpha value is -1.33. The minimum atomic E-state index is -0.262. The van der Waals surface area contributed by atoms with E-state index in [0.717, 1.165) is 46.3 Å². The summed E-state index contributed by atoms with van der Waals surface area (Å²) in [5.74, 6) is 0.332. The lowest BCUT2D eigenvalue weighted by Gasteiger charge is -2.21. The average Bonchev–Trinajstić information content (AvgIpc) is 2.89. The first kappa shape index (κ1) is 13.6. The number of anilines is 2. The second-order valence-corrected chi connectivity index (χ2v) is 6.37. The zero-order valence-corrected chi connectivity index (χ0v) is 13.0. The van der Waals surface area contributed by atoms with E-state index in [-0.39, 0.29) is 6.10 Å². The highest BCUT2D eigenvalue weighted by Crippen LogP contribution is 2.34. The molecule has 1 aliphatic rings. The number of rotatable bonds is 2. The van der Waals surface area contributed by atoms with Crippen molar-refractivity contribution in [3.05, 3.63) is 28.9 Å². The predicted octanol–water partition coefficient (Wildman–Crippen LogP) is 2.79. The summed E-state index contributed by atoms with van der Waals surface area (Å²) in [6.45, 7) is 3.69. The molecule has 1 saturated heterocycles. The minimum absolute atomic E-state index is 0.262. The van der Waals surface area contributed by atoms with E-state index in [1.807, 2.05) is 25.1 Å². The van der Waals surface area contributed by atoms with Gasteiger partial charge in [-0.15, -0.1) is 0 Å². The number of halogens is 1. The van der Waals surface area contributed by atoms with Crippen molar-refractivity contribution in [2.24, 2.45) is 5.92 Å². The Morgan fingerprint density at radius 1 is 1.50 bits per heavy atom. The first-order chi connectivity index (χ1) is 9.56. The van der Waals surface area contributed by atoms with Crippen molar-refractivity contribution in [1.29, 1.82) is 0 Å². The molecule has 106 valence electrons. The van der Waals surface area contributed by atoms with Crippen molar-refractivity contribution in [3.8, 4) is 0 Å². The summed E-state index contributed by atoms with van der Waals surface area (Å²) in [4.78, 5) is 6.82. The maximum absolute atomic E-state index is 9.74. The molecule has 0 saturated carbocycles. The Morgan fingerprint density at radius 3 is 3.00 bits per heavy atom. The summed E-state index contributed by atoms with van der Waals surface area (Å²) >= 11 is 3.44. The van der Waals surface area contributed by atoms with Crippen LogP contribution < -0.4 is 10.6 Å². The van der Waals surface area contributed by atoms with Gasteiger partial charge in [0, 0.05) is 40.8 Å². The topological polar surface area (TPSA) is 62.4 Å². The lowest BCUT2D eigenvalue weighted by atomic mass is 10.0. The fourth-order valence-electron chi connectivity index (χ4n) is 2.86. The number of hydrogen-bond donors (Lipinski definition) is 2. The molecule has 2 unspecified atom stereocenters. The fraction of sp³-hybridized carbons (Fsp3) is 0.400. The number of benzene rings is 1. The van der Waals surface area contributed by atoms with Crippen LogP contribution in [0.15, 0.2) is 28.9 Å². The summed E-state index contributed by atoms with van der Waals surface area (Å²) in [6.07, 6.45) is 2.55. The van der Waals surface area contributed by atoms with Gasteiger partial charge in [-0.05, 0) is 47.5 Å². The maximum atomic E-state index is 9.74. The van der Waals surface area contributed by atoms with Crippen LogP contribution in [0.2, 0.25) is 0 Å². The summed E-state index contributed by atoms with van der Waals surface area (Å²) in [5.41, 5.74) is 8.82. The molecule has 3 N–H and O–H groups in total. The average molecular weight is 336 g/mol. The molecular weight excluding hydrogens is 318 g/mol. The van der Waals surface area contributed by atoms with E-state index in [2.05, 4.69) is 25.8 Å². The van der Waals surface area contributed by atoms with E-state index in [9.17, 15) is 5.11 Å². The first-order valence-electron chi connectivity index (χ1n) is 6.83. The standard InChI is InChI=1S/C15H18BrN3O/c1-9(20)10-4-5-19(8-10)14-3-2-13(17)12-6-11(16)7-18-15(12)14/h2-3,6-7,9-10,20H,4-5,8,17H2,1H3. The zero-order valence-electron chi connectivity index (χ0n) is 11.4. The lowest BCUT2D eigenvalue weighted by Crippen LogP contribution is -2.24. The van der Waals surface area contributed by atoms with Crippen molar-refractivity contribution >= 4 is 38.2 Å². The number of nitrogen functional groups attached to an aromatic ring is 1. The highest BCUT2D eigenvalue weighted by atomic mass is 79.9. The molecule has 0 radical (unpaired) electrons. The summed E-state index contributed by atoms with van der Waals surface area (Å²) < 4.78 is 0.928. The SMILES string of the molecule is CC(O)C1CCN(c2ccc(N)c3cc(Br)cnc23)C1. The van der Waals surface area contributed by atoms with Gasteiger partial charge in [-0.25, -0.2) is 0 Å². The Kier molecular flexibility index (Phi) is 3.56. The number of hydrogen-bond acceptors (Lipinski definition) is 4. The van der Waals surface area contributed by atoms with Gasteiger partial charge in [-0.2, -0.15) is 0 Å². The molecule has 1 aromatic heterocycles. The second kappa shape index (κ2) is 5.22. The monoisotopic (exact) mass is 335 g/mol. The van der Waals surface area contributed by atoms with Crippen molar-refractivity contribution in [2.45, 2.75) is 19.4 Å². The molecule has 4 nitrogen and oxygen atoms in total.